The van der Waals surface area contributed by atoms with E-state index in [0.717, 1.165) is 5.69 Å². The summed E-state index contributed by atoms with van der Waals surface area (Å²) in [5, 5.41) is 16.5. The fourth-order valence-corrected chi connectivity index (χ4v) is 2.43. The number of amides is 1. The topological polar surface area (TPSA) is 89.3 Å². The van der Waals surface area contributed by atoms with Gasteiger partial charge in [-0.25, -0.2) is 0 Å². The Balaban J connectivity index is 1.85. The van der Waals surface area contributed by atoms with E-state index in [1.807, 2.05) is 30.3 Å². The molecule has 0 bridgehead atoms. The summed E-state index contributed by atoms with van der Waals surface area (Å²) in [6.07, 6.45) is 1.71. The Morgan fingerprint density at radius 2 is 2.21 bits per heavy atom. The molecule has 7 heteroatoms. The predicted octanol–water partition coefficient (Wildman–Crippen LogP) is 1.27. The molecule has 1 amide bonds. The summed E-state index contributed by atoms with van der Waals surface area (Å²) in [4.78, 5) is 16.5. The number of rotatable bonds is 6. The number of pyridine rings is 1. The van der Waals surface area contributed by atoms with Crippen LogP contribution < -0.4 is 10.1 Å². The molecule has 0 unspecified atom stereocenters. The van der Waals surface area contributed by atoms with Crippen LogP contribution in [-0.2, 0) is 13.7 Å². The van der Waals surface area contributed by atoms with Crippen molar-refractivity contribution < 1.29 is 14.6 Å². The van der Waals surface area contributed by atoms with E-state index in [1.165, 1.54) is 4.68 Å². The third kappa shape index (κ3) is 3.36. The van der Waals surface area contributed by atoms with Gasteiger partial charge in [0.05, 0.1) is 17.8 Å². The molecule has 0 aliphatic carbocycles. The quantitative estimate of drug-likeness (QED) is 0.712. The van der Waals surface area contributed by atoms with Crippen molar-refractivity contribution in [3.8, 4) is 5.75 Å². The molecule has 2 N–H and O–H groups in total. The van der Waals surface area contributed by atoms with Crippen LogP contribution in [0.2, 0.25) is 0 Å². The van der Waals surface area contributed by atoms with Crippen molar-refractivity contribution in [3.05, 3.63) is 54.0 Å². The van der Waals surface area contributed by atoms with Gasteiger partial charge in [-0.05, 0) is 30.3 Å². The molecule has 0 atom stereocenters. The zero-order valence-electron chi connectivity index (χ0n) is 13.3. The Morgan fingerprint density at radius 3 is 2.96 bits per heavy atom. The van der Waals surface area contributed by atoms with Gasteiger partial charge >= 0.3 is 0 Å². The minimum Gasteiger partial charge on any atom is -0.487 e. The third-order valence-corrected chi connectivity index (χ3v) is 3.53. The Labute approximate surface area is 138 Å². The van der Waals surface area contributed by atoms with Crippen LogP contribution >= 0.6 is 0 Å². The van der Waals surface area contributed by atoms with Crippen molar-refractivity contribution in [2.75, 3.05) is 13.2 Å². The molecule has 2 heterocycles. The normalized spacial score (nSPS) is 10.8. The molecular formula is C17H18N4O3. The van der Waals surface area contributed by atoms with E-state index in [1.54, 1.807) is 19.3 Å². The fraction of sp³-hybridized carbons (Fsp3) is 0.235. The predicted molar refractivity (Wildman–Crippen MR) is 88.7 cm³/mol. The maximum absolute atomic E-state index is 12.3. The van der Waals surface area contributed by atoms with E-state index in [2.05, 4.69) is 15.4 Å². The number of benzene rings is 1. The number of nitrogens with zero attached hydrogens (tertiary/aromatic N) is 3. The highest BCUT2D eigenvalue weighted by atomic mass is 16.5. The van der Waals surface area contributed by atoms with Gasteiger partial charge in [-0.1, -0.05) is 6.07 Å². The van der Waals surface area contributed by atoms with E-state index in [-0.39, 0.29) is 19.1 Å². The summed E-state index contributed by atoms with van der Waals surface area (Å²) in [6.45, 7) is 0.431. The first-order valence-corrected chi connectivity index (χ1v) is 7.57. The van der Waals surface area contributed by atoms with Crippen molar-refractivity contribution in [2.24, 2.45) is 7.05 Å². The molecule has 0 aliphatic rings. The highest BCUT2D eigenvalue weighted by Crippen LogP contribution is 2.24. The summed E-state index contributed by atoms with van der Waals surface area (Å²) >= 11 is 0. The van der Waals surface area contributed by atoms with Crippen molar-refractivity contribution >= 4 is 16.8 Å². The first kappa shape index (κ1) is 15.9. The number of hydrogen-bond acceptors (Lipinski definition) is 5. The molecular weight excluding hydrogens is 308 g/mol. The number of ether oxygens (including phenoxy) is 1. The molecule has 3 rings (SSSR count). The Morgan fingerprint density at radius 1 is 1.33 bits per heavy atom. The number of hydrogen-bond donors (Lipinski definition) is 2. The van der Waals surface area contributed by atoms with Crippen LogP contribution in [0.25, 0.3) is 10.9 Å². The number of nitrogens with one attached hydrogen (secondary N) is 1. The van der Waals surface area contributed by atoms with Crippen molar-refractivity contribution in [1.82, 2.24) is 20.1 Å². The Bertz CT molecular complexity index is 846. The molecule has 3 aromatic rings. The second kappa shape index (κ2) is 7.10. The lowest BCUT2D eigenvalue weighted by atomic mass is 10.2. The van der Waals surface area contributed by atoms with E-state index in [4.69, 9.17) is 9.84 Å². The molecule has 124 valence electrons. The fourth-order valence-electron chi connectivity index (χ4n) is 2.43. The highest BCUT2D eigenvalue weighted by molar-refractivity contribution is 6.05. The molecule has 0 saturated heterocycles. The SMILES string of the molecule is Cn1nc2ccc(OCc3ccccn3)cc2c1C(=O)NCCO. The van der Waals surface area contributed by atoms with Crippen molar-refractivity contribution in [2.45, 2.75) is 6.61 Å². The average Bonchev–Trinajstić information content (AvgIpc) is 2.94. The monoisotopic (exact) mass is 326 g/mol. The van der Waals surface area contributed by atoms with Gasteiger partial charge in [0.15, 0.2) is 0 Å². The number of aliphatic hydroxyl groups is 1. The van der Waals surface area contributed by atoms with E-state index >= 15 is 0 Å². The molecule has 0 saturated carbocycles. The highest BCUT2D eigenvalue weighted by Gasteiger charge is 2.17. The average molecular weight is 326 g/mol. The number of aryl methyl sites for hydroxylation is 1. The molecule has 0 fully saturated rings. The lowest BCUT2D eigenvalue weighted by Gasteiger charge is -2.07. The van der Waals surface area contributed by atoms with Crippen LogP contribution in [0.15, 0.2) is 42.6 Å². The van der Waals surface area contributed by atoms with Crippen LogP contribution in [0, 0.1) is 0 Å². The smallest absolute Gasteiger partial charge is 0.270 e. The second-order valence-electron chi connectivity index (χ2n) is 5.24. The lowest BCUT2D eigenvalue weighted by Crippen LogP contribution is -2.28. The molecule has 2 aromatic heterocycles. The van der Waals surface area contributed by atoms with Crippen LogP contribution in [-0.4, -0.2) is 38.9 Å². The maximum Gasteiger partial charge on any atom is 0.270 e. The molecule has 0 aliphatic heterocycles. The van der Waals surface area contributed by atoms with Crippen LogP contribution in [0.1, 0.15) is 16.2 Å². The summed E-state index contributed by atoms with van der Waals surface area (Å²) in [5.74, 6) is 0.355. The number of aromatic nitrogens is 3. The van der Waals surface area contributed by atoms with Gasteiger partial charge in [-0.3, -0.25) is 14.5 Å². The van der Waals surface area contributed by atoms with E-state index < -0.39 is 0 Å². The van der Waals surface area contributed by atoms with E-state index in [9.17, 15) is 4.79 Å². The summed E-state index contributed by atoms with van der Waals surface area (Å²) in [6, 6.07) is 11.1. The van der Waals surface area contributed by atoms with Gasteiger partial charge in [0, 0.05) is 25.2 Å². The second-order valence-corrected chi connectivity index (χ2v) is 5.24. The Hall–Kier alpha value is -2.93. The summed E-state index contributed by atoms with van der Waals surface area (Å²) < 4.78 is 7.28. The van der Waals surface area contributed by atoms with Gasteiger partial charge in [0.1, 0.15) is 18.1 Å². The largest absolute Gasteiger partial charge is 0.487 e. The number of carbonyl (C=O) groups is 1. The number of carbonyl (C=O) groups excluding carboxylic acids is 1. The number of fused-ring (bicyclic) bond motifs is 1. The van der Waals surface area contributed by atoms with E-state index in [0.29, 0.717) is 29.0 Å². The standard InChI is InChI=1S/C17H18N4O3/c1-21-16(17(23)19-8-9-22)14-10-13(5-6-15(14)20-21)24-11-12-4-2-3-7-18-12/h2-7,10,22H,8-9,11H2,1H3,(H,19,23). The van der Waals surface area contributed by atoms with Crippen LogP contribution in [0.4, 0.5) is 0 Å². The molecule has 7 nitrogen and oxygen atoms in total. The third-order valence-electron chi connectivity index (χ3n) is 3.53. The van der Waals surface area contributed by atoms with Crippen LogP contribution in [0.5, 0.6) is 5.75 Å². The summed E-state index contributed by atoms with van der Waals surface area (Å²) in [7, 11) is 1.71. The molecule has 24 heavy (non-hydrogen) atoms. The zero-order valence-corrected chi connectivity index (χ0v) is 13.3. The van der Waals surface area contributed by atoms with Gasteiger partial charge in [0.2, 0.25) is 0 Å². The zero-order chi connectivity index (χ0) is 16.9. The maximum atomic E-state index is 12.3. The lowest BCUT2D eigenvalue weighted by molar-refractivity contribution is 0.0937. The summed E-state index contributed by atoms with van der Waals surface area (Å²) in [5.41, 5.74) is 1.96. The van der Waals surface area contributed by atoms with Gasteiger partial charge in [-0.15, -0.1) is 0 Å². The number of aliphatic hydroxyl groups excluding tert-OH is 1. The van der Waals surface area contributed by atoms with Crippen LogP contribution in [0.3, 0.4) is 0 Å². The molecule has 1 aromatic carbocycles. The van der Waals surface area contributed by atoms with Crippen molar-refractivity contribution in [3.63, 3.8) is 0 Å². The van der Waals surface area contributed by atoms with Gasteiger partial charge in [-0.2, -0.15) is 5.10 Å². The molecule has 0 spiro atoms. The first-order chi connectivity index (χ1) is 11.7. The first-order valence-electron chi connectivity index (χ1n) is 7.57. The minimum atomic E-state index is -0.282. The Kier molecular flexibility index (Phi) is 4.72. The van der Waals surface area contributed by atoms with Gasteiger partial charge < -0.3 is 15.2 Å². The molecule has 0 radical (unpaired) electrons. The van der Waals surface area contributed by atoms with Crippen molar-refractivity contribution in [1.29, 1.82) is 0 Å². The van der Waals surface area contributed by atoms with Gasteiger partial charge in [0.25, 0.3) is 5.91 Å². The minimum absolute atomic E-state index is 0.111.